The topological polar surface area (TPSA) is 27.1 Å². The molecule has 88 valence electrons. The summed E-state index contributed by atoms with van der Waals surface area (Å²) in [6, 6.07) is 0.598. The van der Waals surface area contributed by atoms with Gasteiger partial charge < -0.3 is 4.90 Å². The minimum Gasteiger partial charge on any atom is -0.360 e. The maximum Gasteiger partial charge on any atom is 0.101 e. The number of nitrogens with one attached hydrogen (secondary N) is 1. The molecule has 0 saturated heterocycles. The second kappa shape index (κ2) is 4.54. The number of hydrogen-bond donors (Lipinski definition) is 1. The summed E-state index contributed by atoms with van der Waals surface area (Å²) in [5.74, 6) is 1.61. The van der Waals surface area contributed by atoms with Crippen LogP contribution in [0, 0.1) is 16.7 Å². The summed E-state index contributed by atoms with van der Waals surface area (Å²) in [6.45, 7) is 8.70. The molecule has 0 heterocycles. The lowest BCUT2D eigenvalue weighted by atomic mass is 9.85. The fourth-order valence-corrected chi connectivity index (χ4v) is 2.47. The van der Waals surface area contributed by atoms with Crippen LogP contribution in [0.1, 0.15) is 53.4 Å². The maximum absolute atomic E-state index is 8.17. The third kappa shape index (κ3) is 3.22. The van der Waals surface area contributed by atoms with E-state index in [1.54, 1.807) is 0 Å². The van der Waals surface area contributed by atoms with Crippen LogP contribution in [0.25, 0.3) is 0 Å². The highest BCUT2D eigenvalue weighted by atomic mass is 15.2. The molecule has 0 aromatic heterocycles. The van der Waals surface area contributed by atoms with Gasteiger partial charge in [-0.2, -0.15) is 0 Å². The highest BCUT2D eigenvalue weighted by Gasteiger charge is 2.28. The summed E-state index contributed by atoms with van der Waals surface area (Å²) in [5, 5.41) is 8.17. The fourth-order valence-electron chi connectivity index (χ4n) is 2.47. The van der Waals surface area contributed by atoms with Crippen molar-refractivity contribution in [2.75, 3.05) is 7.05 Å². The van der Waals surface area contributed by atoms with E-state index in [4.69, 9.17) is 5.41 Å². The van der Waals surface area contributed by atoms with Crippen molar-refractivity contribution in [2.24, 2.45) is 11.3 Å². The molecular formula is C13H26N2. The predicted octanol–water partition coefficient (Wildman–Crippen LogP) is 3.52. The van der Waals surface area contributed by atoms with Gasteiger partial charge in [0.25, 0.3) is 0 Å². The summed E-state index contributed by atoms with van der Waals surface area (Å²) in [7, 11) is 2.09. The number of hydrogen-bond acceptors (Lipinski definition) is 1. The van der Waals surface area contributed by atoms with Crippen molar-refractivity contribution in [3.63, 3.8) is 0 Å². The van der Waals surface area contributed by atoms with Crippen LogP contribution < -0.4 is 0 Å². The largest absolute Gasteiger partial charge is 0.360 e. The molecule has 0 spiro atoms. The van der Waals surface area contributed by atoms with Crippen molar-refractivity contribution >= 4 is 5.84 Å². The minimum atomic E-state index is -0.0184. The van der Waals surface area contributed by atoms with Gasteiger partial charge >= 0.3 is 0 Å². The second-order valence-electron chi connectivity index (χ2n) is 6.14. The van der Waals surface area contributed by atoms with Gasteiger partial charge in [-0.25, -0.2) is 0 Å². The summed E-state index contributed by atoms with van der Waals surface area (Å²) in [5.41, 5.74) is -0.0184. The van der Waals surface area contributed by atoms with Gasteiger partial charge in [-0.3, -0.25) is 5.41 Å². The highest BCUT2D eigenvalue weighted by molar-refractivity contribution is 5.84. The van der Waals surface area contributed by atoms with Gasteiger partial charge in [0.15, 0.2) is 0 Å². The first-order valence-electron chi connectivity index (χ1n) is 6.14. The number of amidine groups is 1. The Morgan fingerprint density at radius 3 is 2.33 bits per heavy atom. The Labute approximate surface area is 94.6 Å². The van der Waals surface area contributed by atoms with E-state index in [2.05, 4.69) is 39.6 Å². The van der Waals surface area contributed by atoms with Gasteiger partial charge in [-0.05, 0) is 18.8 Å². The molecule has 2 unspecified atom stereocenters. The molecule has 1 saturated carbocycles. The van der Waals surface area contributed by atoms with E-state index < -0.39 is 0 Å². The van der Waals surface area contributed by atoms with Gasteiger partial charge in [0.1, 0.15) is 5.84 Å². The third-order valence-electron chi connectivity index (χ3n) is 3.52. The van der Waals surface area contributed by atoms with E-state index in [0.29, 0.717) is 6.04 Å². The first-order valence-corrected chi connectivity index (χ1v) is 6.14. The predicted molar refractivity (Wildman–Crippen MR) is 66.4 cm³/mol. The smallest absolute Gasteiger partial charge is 0.101 e. The van der Waals surface area contributed by atoms with E-state index in [0.717, 1.165) is 11.8 Å². The van der Waals surface area contributed by atoms with Gasteiger partial charge in [0.2, 0.25) is 0 Å². The molecule has 2 heteroatoms. The van der Waals surface area contributed by atoms with E-state index in [-0.39, 0.29) is 5.41 Å². The van der Waals surface area contributed by atoms with Gasteiger partial charge in [-0.15, -0.1) is 0 Å². The maximum atomic E-state index is 8.17. The Hall–Kier alpha value is -0.530. The molecule has 0 bridgehead atoms. The van der Waals surface area contributed by atoms with E-state index in [1.165, 1.54) is 25.7 Å². The monoisotopic (exact) mass is 210 g/mol. The van der Waals surface area contributed by atoms with E-state index >= 15 is 0 Å². The Morgan fingerprint density at radius 1 is 1.27 bits per heavy atom. The van der Waals surface area contributed by atoms with Crippen LogP contribution >= 0.6 is 0 Å². The molecule has 2 nitrogen and oxygen atoms in total. The van der Waals surface area contributed by atoms with Crippen LogP contribution in [0.3, 0.4) is 0 Å². The quantitative estimate of drug-likeness (QED) is 0.520. The zero-order valence-corrected chi connectivity index (χ0v) is 10.9. The molecule has 0 amide bonds. The van der Waals surface area contributed by atoms with Crippen molar-refractivity contribution in [3.05, 3.63) is 0 Å². The van der Waals surface area contributed by atoms with Crippen LogP contribution in [0.4, 0.5) is 0 Å². The number of rotatable bonds is 1. The highest BCUT2D eigenvalue weighted by Crippen LogP contribution is 2.29. The first kappa shape index (κ1) is 12.5. The SMILES string of the molecule is CC1CCCC(N(C)C(=N)C(C)(C)C)C1. The Bertz CT molecular complexity index is 227. The van der Waals surface area contributed by atoms with E-state index in [1.807, 2.05) is 0 Å². The lowest BCUT2D eigenvalue weighted by Gasteiger charge is -2.39. The molecule has 15 heavy (non-hydrogen) atoms. The Balaban J connectivity index is 2.59. The molecule has 2 atom stereocenters. The molecule has 1 aliphatic rings. The molecule has 0 aliphatic heterocycles. The molecule has 1 aliphatic carbocycles. The van der Waals surface area contributed by atoms with E-state index in [9.17, 15) is 0 Å². The standard InChI is InChI=1S/C13H26N2/c1-10-7-6-8-11(9-10)15(5)12(14)13(2,3)4/h10-11,14H,6-9H2,1-5H3. The fraction of sp³-hybridized carbons (Fsp3) is 0.923. The van der Waals surface area contributed by atoms with Crippen LogP contribution in [0.5, 0.6) is 0 Å². The normalized spacial score (nSPS) is 27.5. The van der Waals surface area contributed by atoms with Crippen molar-refractivity contribution < 1.29 is 0 Å². The summed E-state index contributed by atoms with van der Waals surface area (Å²) >= 11 is 0. The summed E-state index contributed by atoms with van der Waals surface area (Å²) in [4.78, 5) is 2.20. The van der Waals surface area contributed by atoms with Gasteiger partial charge in [0, 0.05) is 18.5 Å². The molecule has 1 fully saturated rings. The molecule has 0 aromatic carbocycles. The van der Waals surface area contributed by atoms with Crippen molar-refractivity contribution in [1.29, 1.82) is 5.41 Å². The molecule has 0 radical (unpaired) electrons. The number of nitrogens with zero attached hydrogens (tertiary/aromatic N) is 1. The summed E-state index contributed by atoms with van der Waals surface area (Å²) in [6.07, 6.45) is 5.22. The molecule has 1 N–H and O–H groups in total. The van der Waals surface area contributed by atoms with Gasteiger partial charge in [-0.1, -0.05) is 40.5 Å². The Morgan fingerprint density at radius 2 is 1.87 bits per heavy atom. The Kier molecular flexibility index (Phi) is 3.80. The summed E-state index contributed by atoms with van der Waals surface area (Å²) < 4.78 is 0. The van der Waals surface area contributed by atoms with Crippen molar-refractivity contribution in [2.45, 2.75) is 59.4 Å². The molecule has 1 rings (SSSR count). The molecule has 0 aromatic rings. The van der Waals surface area contributed by atoms with Crippen molar-refractivity contribution in [3.8, 4) is 0 Å². The zero-order valence-electron chi connectivity index (χ0n) is 10.9. The second-order valence-corrected chi connectivity index (χ2v) is 6.14. The van der Waals surface area contributed by atoms with Crippen LogP contribution in [0.15, 0.2) is 0 Å². The average Bonchev–Trinajstić information content (AvgIpc) is 2.14. The van der Waals surface area contributed by atoms with Crippen LogP contribution in [-0.2, 0) is 0 Å². The van der Waals surface area contributed by atoms with Crippen molar-refractivity contribution in [1.82, 2.24) is 4.90 Å². The lowest BCUT2D eigenvalue weighted by Crippen LogP contribution is -2.44. The van der Waals surface area contributed by atoms with Crippen LogP contribution in [0.2, 0.25) is 0 Å². The first-order chi connectivity index (χ1) is 6.82. The van der Waals surface area contributed by atoms with Gasteiger partial charge in [0.05, 0.1) is 0 Å². The lowest BCUT2D eigenvalue weighted by molar-refractivity contribution is 0.218. The average molecular weight is 210 g/mol. The molecular weight excluding hydrogens is 184 g/mol. The van der Waals surface area contributed by atoms with Crippen LogP contribution in [-0.4, -0.2) is 23.8 Å². The third-order valence-corrected chi connectivity index (χ3v) is 3.52. The minimum absolute atomic E-state index is 0.0184. The zero-order chi connectivity index (χ0) is 11.6.